The zero-order valence-electron chi connectivity index (χ0n) is 25.2. The van der Waals surface area contributed by atoms with E-state index < -0.39 is 12.1 Å². The molecule has 2 aliphatic rings. The number of nitrogens with zero attached hydrogens (tertiary/aromatic N) is 4. The van der Waals surface area contributed by atoms with Gasteiger partial charge in [0.05, 0.1) is 32.0 Å². The van der Waals surface area contributed by atoms with E-state index >= 15 is 0 Å². The van der Waals surface area contributed by atoms with Crippen molar-refractivity contribution in [1.29, 1.82) is 0 Å². The Kier molecular flexibility index (Phi) is 11.8. The van der Waals surface area contributed by atoms with Crippen LogP contribution in [-0.4, -0.2) is 72.6 Å². The predicted molar refractivity (Wildman–Crippen MR) is 162 cm³/mol. The molecular weight excluding hydrogens is 577 g/mol. The summed E-state index contributed by atoms with van der Waals surface area (Å²) >= 11 is 0. The van der Waals surface area contributed by atoms with Gasteiger partial charge in [0, 0.05) is 30.7 Å². The van der Waals surface area contributed by atoms with Crippen LogP contribution in [0.15, 0.2) is 36.5 Å². The number of aliphatic carboxylic acids is 1. The highest BCUT2D eigenvalue weighted by Crippen LogP contribution is 2.36. The fourth-order valence-corrected chi connectivity index (χ4v) is 5.68. The molecule has 0 amide bonds. The van der Waals surface area contributed by atoms with E-state index in [-0.39, 0.29) is 0 Å². The second kappa shape index (κ2) is 15.7. The predicted octanol–water partition coefficient (Wildman–Crippen LogP) is 5.67. The minimum absolute atomic E-state index is 0.583. The number of hydrogen-bond donors (Lipinski definition) is 3. The smallest absolute Gasteiger partial charge is 0.490 e. The van der Waals surface area contributed by atoms with Crippen LogP contribution in [-0.2, 0) is 11.3 Å². The number of piperidine rings is 2. The van der Waals surface area contributed by atoms with Crippen LogP contribution in [0, 0.1) is 11.8 Å². The van der Waals surface area contributed by atoms with E-state index in [4.69, 9.17) is 29.3 Å². The number of ether oxygens (including phenoxy) is 2. The summed E-state index contributed by atoms with van der Waals surface area (Å²) in [6.45, 7) is 4.98. The maximum Gasteiger partial charge on any atom is 0.490 e. The fraction of sp³-hybridized carbons (Fsp3) is 0.548. The van der Waals surface area contributed by atoms with Crippen molar-refractivity contribution in [3.05, 3.63) is 42.2 Å². The van der Waals surface area contributed by atoms with Crippen molar-refractivity contribution in [3.8, 4) is 11.5 Å². The lowest BCUT2D eigenvalue weighted by Gasteiger charge is -2.33. The maximum absolute atomic E-state index is 10.6. The van der Waals surface area contributed by atoms with Gasteiger partial charge in [0.15, 0.2) is 11.5 Å². The number of methoxy groups -OCH3 is 2. The molecule has 13 heteroatoms. The summed E-state index contributed by atoms with van der Waals surface area (Å²) < 4.78 is 42.9. The Hall–Kier alpha value is -3.87. The van der Waals surface area contributed by atoms with Crippen LogP contribution < -0.4 is 25.0 Å². The second-order valence-corrected chi connectivity index (χ2v) is 11.1. The Morgan fingerprint density at radius 2 is 1.66 bits per heavy atom. The highest BCUT2D eigenvalue weighted by Gasteiger charge is 2.38. The Labute approximate surface area is 255 Å². The molecule has 4 heterocycles. The molecule has 3 N–H and O–H groups in total. The zero-order chi connectivity index (χ0) is 31.5. The first-order valence-electron chi connectivity index (χ1n) is 15.0. The van der Waals surface area contributed by atoms with Crippen LogP contribution in [0.2, 0.25) is 0 Å². The van der Waals surface area contributed by atoms with Gasteiger partial charge in [-0.3, -0.25) is 4.98 Å². The van der Waals surface area contributed by atoms with Crippen molar-refractivity contribution in [3.63, 3.8) is 0 Å². The number of anilines is 2. The molecule has 0 atom stereocenters. The number of halogens is 3. The molecular formula is C31H41F3N6O4. The summed E-state index contributed by atoms with van der Waals surface area (Å²) in [4.78, 5) is 25.6. The van der Waals surface area contributed by atoms with Crippen molar-refractivity contribution in [2.24, 2.45) is 11.8 Å². The number of carbonyl (C=O) groups is 1. The van der Waals surface area contributed by atoms with Crippen LogP contribution in [0.4, 0.5) is 24.9 Å². The number of carboxylic acid groups (broad SMARTS) is 1. The van der Waals surface area contributed by atoms with Gasteiger partial charge < -0.3 is 30.1 Å². The average molecular weight is 619 g/mol. The molecule has 44 heavy (non-hydrogen) atoms. The minimum atomic E-state index is -5.08. The van der Waals surface area contributed by atoms with Crippen molar-refractivity contribution >= 4 is 28.6 Å². The Morgan fingerprint density at radius 1 is 1.02 bits per heavy atom. The maximum atomic E-state index is 10.6. The number of nitrogens with one attached hydrogen (secondary N) is 2. The van der Waals surface area contributed by atoms with Crippen LogP contribution in [0.3, 0.4) is 0 Å². The Morgan fingerprint density at radius 3 is 2.25 bits per heavy atom. The molecule has 0 unspecified atom stereocenters. The number of fused-ring (bicyclic) bond motifs is 1. The lowest BCUT2D eigenvalue weighted by atomic mass is 9.87. The molecule has 0 aliphatic carbocycles. The monoisotopic (exact) mass is 618 g/mol. The molecule has 2 fully saturated rings. The number of alkyl halides is 3. The summed E-state index contributed by atoms with van der Waals surface area (Å²) in [6, 6.07) is 9.83. The van der Waals surface area contributed by atoms with Crippen molar-refractivity contribution in [1.82, 2.24) is 20.3 Å². The van der Waals surface area contributed by atoms with Gasteiger partial charge in [-0.1, -0.05) is 25.3 Å². The quantitative estimate of drug-likeness (QED) is 0.262. The van der Waals surface area contributed by atoms with E-state index in [2.05, 4.69) is 20.5 Å². The number of hydrogen-bond acceptors (Lipinski definition) is 9. The molecule has 0 spiro atoms. The van der Waals surface area contributed by atoms with E-state index in [9.17, 15) is 13.2 Å². The lowest BCUT2D eigenvalue weighted by Crippen LogP contribution is -2.35. The van der Waals surface area contributed by atoms with Gasteiger partial charge in [0.2, 0.25) is 5.95 Å². The number of rotatable bonds is 10. The number of carboxylic acids is 1. The summed E-state index contributed by atoms with van der Waals surface area (Å²) in [6.07, 6.45) is 5.95. The van der Waals surface area contributed by atoms with Gasteiger partial charge in [0.25, 0.3) is 0 Å². The minimum Gasteiger partial charge on any atom is -0.493 e. The number of aromatic nitrogens is 3. The van der Waals surface area contributed by atoms with E-state index in [0.29, 0.717) is 18.0 Å². The molecule has 2 aliphatic heterocycles. The van der Waals surface area contributed by atoms with Crippen molar-refractivity contribution < 1.29 is 32.5 Å². The largest absolute Gasteiger partial charge is 0.493 e. The zero-order valence-corrected chi connectivity index (χ0v) is 25.2. The van der Waals surface area contributed by atoms with Crippen molar-refractivity contribution in [2.75, 3.05) is 50.6 Å². The summed E-state index contributed by atoms with van der Waals surface area (Å²) in [7, 11) is 3.30. The molecule has 0 saturated carbocycles. The van der Waals surface area contributed by atoms with Gasteiger partial charge in [-0.2, -0.15) is 18.2 Å². The van der Waals surface area contributed by atoms with E-state index in [1.165, 1.54) is 58.0 Å². The van der Waals surface area contributed by atoms with Gasteiger partial charge in [-0.05, 0) is 68.8 Å². The molecule has 1 aromatic carbocycles. The topological polar surface area (TPSA) is 122 Å². The SMILES string of the molecule is COc1cc2nc(N3CCC(CCCC4CCNCC4)CC3)nc(NCc3ccccn3)c2cc1OC.O=C(O)C(F)(F)F. The normalized spacial score (nSPS) is 16.2. The lowest BCUT2D eigenvalue weighted by molar-refractivity contribution is -0.192. The molecule has 5 rings (SSSR count). The molecule has 2 saturated heterocycles. The summed E-state index contributed by atoms with van der Waals surface area (Å²) in [5, 5.41) is 15.0. The van der Waals surface area contributed by atoms with E-state index in [1.54, 1.807) is 14.2 Å². The first-order chi connectivity index (χ1) is 21.2. The van der Waals surface area contributed by atoms with Crippen molar-refractivity contribution in [2.45, 2.75) is 57.7 Å². The second-order valence-electron chi connectivity index (χ2n) is 11.1. The average Bonchev–Trinajstić information content (AvgIpc) is 3.04. The number of benzene rings is 1. The third-order valence-corrected chi connectivity index (χ3v) is 8.18. The standard InChI is InChI=1S/C29H40N6O2.C2HF3O2/c1-36-26-18-24-25(19-27(26)37-2)33-29(34-28(24)32-20-23-8-3-4-13-31-23)35-16-11-22(12-17-35)7-5-6-21-9-14-30-15-10-21;3-2(4,5)1(6)7/h3-4,8,13,18-19,21-22,30H,5-7,9-12,14-17,20H2,1-2H3,(H,32,33,34);(H,6,7). The fourth-order valence-electron chi connectivity index (χ4n) is 5.68. The first kappa shape index (κ1) is 33.0. The van der Waals surface area contributed by atoms with Crippen LogP contribution >= 0.6 is 0 Å². The van der Waals surface area contributed by atoms with E-state index in [0.717, 1.165) is 53.3 Å². The molecule has 3 aromatic rings. The molecule has 2 aromatic heterocycles. The Bertz CT molecular complexity index is 1350. The molecule has 10 nitrogen and oxygen atoms in total. The number of pyridine rings is 1. The van der Waals surface area contributed by atoms with Gasteiger partial charge >= 0.3 is 12.1 Å². The third-order valence-electron chi connectivity index (χ3n) is 8.18. The highest BCUT2D eigenvalue weighted by atomic mass is 19.4. The third kappa shape index (κ3) is 9.31. The van der Waals surface area contributed by atoms with Crippen LogP contribution in [0.25, 0.3) is 10.9 Å². The summed E-state index contributed by atoms with van der Waals surface area (Å²) in [5.74, 6) is 1.88. The Balaban J connectivity index is 0.000000566. The highest BCUT2D eigenvalue weighted by molar-refractivity contribution is 5.92. The molecule has 240 valence electrons. The van der Waals surface area contributed by atoms with E-state index in [1.807, 2.05) is 36.5 Å². The molecule has 0 bridgehead atoms. The van der Waals surface area contributed by atoms with Gasteiger partial charge in [-0.15, -0.1) is 0 Å². The van der Waals surface area contributed by atoms with Crippen LogP contribution in [0.1, 0.15) is 50.6 Å². The van der Waals surface area contributed by atoms with Gasteiger partial charge in [-0.25, -0.2) is 9.78 Å². The summed E-state index contributed by atoms with van der Waals surface area (Å²) in [5.41, 5.74) is 1.80. The van der Waals surface area contributed by atoms with Crippen LogP contribution in [0.5, 0.6) is 11.5 Å². The molecule has 0 radical (unpaired) electrons. The first-order valence-corrected chi connectivity index (χ1v) is 15.0. The van der Waals surface area contributed by atoms with Gasteiger partial charge in [0.1, 0.15) is 5.82 Å².